The molecule has 0 radical (unpaired) electrons. The molecule has 8 heteroatoms. The Kier molecular flexibility index (Phi) is 4.92. The molecule has 1 aromatic heterocycles. The Morgan fingerprint density at radius 1 is 0.964 bits per heavy atom. The number of carbonyl (C=O) groups excluding carboxylic acids is 2. The standard InChI is InChI=1S/C20H16IN3O3S/c1-22-15-8-5-13(9-16(15)23(2)19(22)26)10-17-18(25)24(20(27)28-17)11-12-3-6-14(21)7-4-12/h3-10H,11H2,1-2H3/b17-10+. The normalized spacial score (nSPS) is 16.0. The number of rotatable bonds is 3. The van der Waals surface area contributed by atoms with E-state index < -0.39 is 0 Å². The Labute approximate surface area is 179 Å². The summed E-state index contributed by atoms with van der Waals surface area (Å²) < 4.78 is 4.24. The van der Waals surface area contributed by atoms with E-state index >= 15 is 0 Å². The molecule has 3 aromatic rings. The molecule has 6 nitrogen and oxygen atoms in total. The van der Waals surface area contributed by atoms with E-state index in [0.717, 1.165) is 37.5 Å². The maximum Gasteiger partial charge on any atom is 0.328 e. The molecule has 142 valence electrons. The topological polar surface area (TPSA) is 64.3 Å². The number of amides is 2. The number of benzene rings is 2. The minimum absolute atomic E-state index is 0.106. The van der Waals surface area contributed by atoms with Crippen LogP contribution < -0.4 is 5.69 Å². The lowest BCUT2D eigenvalue weighted by molar-refractivity contribution is -0.123. The maximum atomic E-state index is 12.7. The zero-order valence-electron chi connectivity index (χ0n) is 15.2. The second-order valence-electron chi connectivity index (χ2n) is 6.54. The van der Waals surface area contributed by atoms with Crippen LogP contribution >= 0.6 is 34.4 Å². The average Bonchev–Trinajstić information content (AvgIpc) is 3.06. The van der Waals surface area contributed by atoms with Crippen molar-refractivity contribution in [3.8, 4) is 0 Å². The summed E-state index contributed by atoms with van der Waals surface area (Å²) in [4.78, 5) is 38.8. The lowest BCUT2D eigenvalue weighted by atomic mass is 10.1. The number of nitrogens with zero attached hydrogens (tertiary/aromatic N) is 3. The number of thioether (sulfide) groups is 1. The molecule has 0 N–H and O–H groups in total. The van der Waals surface area contributed by atoms with Crippen LogP contribution in [0, 0.1) is 3.57 Å². The van der Waals surface area contributed by atoms with Gasteiger partial charge in [0.2, 0.25) is 0 Å². The summed E-state index contributed by atoms with van der Waals surface area (Å²) in [5.41, 5.74) is 3.17. The van der Waals surface area contributed by atoms with E-state index in [9.17, 15) is 14.4 Å². The lowest BCUT2D eigenvalue weighted by Gasteiger charge is -2.12. The number of imide groups is 1. The van der Waals surface area contributed by atoms with E-state index in [1.54, 1.807) is 29.3 Å². The van der Waals surface area contributed by atoms with E-state index in [-0.39, 0.29) is 23.4 Å². The van der Waals surface area contributed by atoms with Crippen molar-refractivity contribution < 1.29 is 9.59 Å². The number of halogens is 1. The Morgan fingerprint density at radius 3 is 2.36 bits per heavy atom. The van der Waals surface area contributed by atoms with Crippen LogP contribution in [0.15, 0.2) is 52.2 Å². The number of aromatic nitrogens is 2. The molecule has 0 bridgehead atoms. The smallest absolute Gasteiger partial charge is 0.295 e. The third kappa shape index (κ3) is 3.30. The van der Waals surface area contributed by atoms with Crippen molar-refractivity contribution in [3.05, 3.63) is 72.6 Å². The van der Waals surface area contributed by atoms with Gasteiger partial charge in [-0.05, 0) is 75.8 Å². The highest BCUT2D eigenvalue weighted by atomic mass is 127. The van der Waals surface area contributed by atoms with Crippen molar-refractivity contribution in [2.45, 2.75) is 6.54 Å². The molecule has 28 heavy (non-hydrogen) atoms. The van der Waals surface area contributed by atoms with Gasteiger partial charge in [0.15, 0.2) is 0 Å². The van der Waals surface area contributed by atoms with Crippen molar-refractivity contribution >= 4 is 62.6 Å². The minimum Gasteiger partial charge on any atom is -0.295 e. The predicted octanol–water partition coefficient (Wildman–Crippen LogP) is 3.72. The highest BCUT2D eigenvalue weighted by molar-refractivity contribution is 14.1. The van der Waals surface area contributed by atoms with Crippen LogP contribution in [0.5, 0.6) is 0 Å². The van der Waals surface area contributed by atoms with E-state index in [1.807, 2.05) is 42.5 Å². The van der Waals surface area contributed by atoms with Crippen molar-refractivity contribution in [1.29, 1.82) is 0 Å². The Balaban J connectivity index is 1.63. The molecule has 1 aliphatic rings. The summed E-state index contributed by atoms with van der Waals surface area (Å²) >= 11 is 3.15. The summed E-state index contributed by atoms with van der Waals surface area (Å²) in [6.45, 7) is 0.255. The molecule has 1 fully saturated rings. The van der Waals surface area contributed by atoms with Crippen molar-refractivity contribution in [1.82, 2.24) is 14.0 Å². The molecule has 1 aliphatic heterocycles. The Hall–Kier alpha value is -2.33. The predicted molar refractivity (Wildman–Crippen MR) is 119 cm³/mol. The summed E-state index contributed by atoms with van der Waals surface area (Å²) in [7, 11) is 3.43. The van der Waals surface area contributed by atoms with Gasteiger partial charge in [-0.15, -0.1) is 0 Å². The van der Waals surface area contributed by atoms with E-state index in [1.165, 1.54) is 4.90 Å². The summed E-state index contributed by atoms with van der Waals surface area (Å²) in [5, 5.41) is -0.275. The number of aryl methyl sites for hydroxylation is 2. The SMILES string of the molecule is Cn1c(=O)n(C)c2cc(/C=C3/SC(=O)N(Cc4ccc(I)cc4)C3=O)ccc21. The van der Waals surface area contributed by atoms with Crippen LogP contribution in [0.1, 0.15) is 11.1 Å². The summed E-state index contributed by atoms with van der Waals surface area (Å²) in [6, 6.07) is 13.3. The van der Waals surface area contributed by atoms with Gasteiger partial charge in [0, 0.05) is 17.7 Å². The van der Waals surface area contributed by atoms with Gasteiger partial charge in [0.1, 0.15) is 0 Å². The fourth-order valence-corrected chi connectivity index (χ4v) is 4.37. The van der Waals surface area contributed by atoms with E-state index in [4.69, 9.17) is 0 Å². The van der Waals surface area contributed by atoms with Gasteiger partial charge < -0.3 is 0 Å². The molecular formula is C20H16IN3O3S. The number of imidazole rings is 1. The summed E-state index contributed by atoms with van der Waals surface area (Å²) in [6.07, 6.45) is 1.70. The van der Waals surface area contributed by atoms with Crippen LogP contribution in [-0.2, 0) is 25.4 Å². The molecular weight excluding hydrogens is 489 g/mol. The van der Waals surface area contributed by atoms with Gasteiger partial charge >= 0.3 is 5.69 Å². The average molecular weight is 505 g/mol. The van der Waals surface area contributed by atoms with Gasteiger partial charge in [-0.3, -0.25) is 23.6 Å². The first-order valence-electron chi connectivity index (χ1n) is 8.50. The minimum atomic E-state index is -0.296. The molecule has 0 saturated carbocycles. The molecule has 2 heterocycles. The van der Waals surface area contributed by atoms with Crippen LogP contribution in [0.4, 0.5) is 4.79 Å². The monoisotopic (exact) mass is 505 g/mol. The second kappa shape index (κ2) is 7.25. The van der Waals surface area contributed by atoms with Gasteiger partial charge in [0.05, 0.1) is 22.5 Å². The lowest BCUT2D eigenvalue weighted by Crippen LogP contribution is -2.27. The fraction of sp³-hybridized carbons (Fsp3) is 0.150. The van der Waals surface area contributed by atoms with Crippen molar-refractivity contribution in [2.75, 3.05) is 0 Å². The summed E-state index contributed by atoms with van der Waals surface area (Å²) in [5.74, 6) is -0.296. The first-order chi connectivity index (χ1) is 13.3. The quantitative estimate of drug-likeness (QED) is 0.402. The third-order valence-electron chi connectivity index (χ3n) is 4.72. The molecule has 2 aromatic carbocycles. The first-order valence-corrected chi connectivity index (χ1v) is 10.4. The number of hydrogen-bond acceptors (Lipinski definition) is 4. The molecule has 0 aliphatic carbocycles. The number of hydrogen-bond donors (Lipinski definition) is 0. The van der Waals surface area contributed by atoms with Gasteiger partial charge in [-0.1, -0.05) is 18.2 Å². The number of fused-ring (bicyclic) bond motifs is 1. The second-order valence-corrected chi connectivity index (χ2v) is 8.78. The highest BCUT2D eigenvalue weighted by Crippen LogP contribution is 2.33. The van der Waals surface area contributed by atoms with Crippen molar-refractivity contribution in [2.24, 2.45) is 14.1 Å². The van der Waals surface area contributed by atoms with E-state index in [2.05, 4.69) is 22.6 Å². The zero-order chi connectivity index (χ0) is 20.0. The van der Waals surface area contributed by atoms with E-state index in [0.29, 0.717) is 4.91 Å². The van der Waals surface area contributed by atoms with Crippen LogP contribution in [0.3, 0.4) is 0 Å². The van der Waals surface area contributed by atoms with Crippen LogP contribution in [0.25, 0.3) is 17.1 Å². The molecule has 0 atom stereocenters. The largest absolute Gasteiger partial charge is 0.328 e. The van der Waals surface area contributed by atoms with Gasteiger partial charge in [0.25, 0.3) is 11.1 Å². The highest BCUT2D eigenvalue weighted by Gasteiger charge is 2.35. The molecule has 0 unspecified atom stereocenters. The molecule has 0 spiro atoms. The molecule has 1 saturated heterocycles. The van der Waals surface area contributed by atoms with Crippen LogP contribution in [-0.4, -0.2) is 25.2 Å². The third-order valence-corrected chi connectivity index (χ3v) is 6.35. The molecule has 2 amide bonds. The Bertz CT molecular complexity index is 1210. The first kappa shape index (κ1) is 19.0. The number of carbonyl (C=O) groups is 2. The molecule has 4 rings (SSSR count). The van der Waals surface area contributed by atoms with Crippen LogP contribution in [0.2, 0.25) is 0 Å². The Morgan fingerprint density at radius 2 is 1.64 bits per heavy atom. The van der Waals surface area contributed by atoms with Crippen molar-refractivity contribution in [3.63, 3.8) is 0 Å². The van der Waals surface area contributed by atoms with Gasteiger partial charge in [-0.25, -0.2) is 4.79 Å². The fourth-order valence-electron chi connectivity index (χ4n) is 3.17. The maximum absolute atomic E-state index is 12.7. The zero-order valence-corrected chi connectivity index (χ0v) is 18.2. The van der Waals surface area contributed by atoms with Gasteiger partial charge in [-0.2, -0.15) is 0 Å².